The molecule has 26 heavy (non-hydrogen) atoms. The van der Waals surface area contributed by atoms with E-state index in [0.717, 1.165) is 17.5 Å². The van der Waals surface area contributed by atoms with Gasteiger partial charge in [0.05, 0.1) is 13.2 Å². The number of carbonyl (C=O) groups excluding carboxylic acids is 1. The number of aliphatic hydroxyl groups excluding tert-OH is 1. The van der Waals surface area contributed by atoms with E-state index >= 15 is 0 Å². The number of methoxy groups -OCH3 is 1. The van der Waals surface area contributed by atoms with Crippen LogP contribution in [-0.2, 0) is 0 Å². The molecule has 1 aromatic heterocycles. The number of aryl methyl sites for hydroxylation is 1. The Kier molecular flexibility index (Phi) is 4.90. The molecular formula is C19H17F2NO4. The van der Waals surface area contributed by atoms with Gasteiger partial charge in [-0.2, -0.15) is 0 Å². The predicted octanol–water partition coefficient (Wildman–Crippen LogP) is 3.49. The smallest absolute Gasteiger partial charge is 0.287 e. The molecule has 1 heterocycles. The van der Waals surface area contributed by atoms with E-state index in [2.05, 4.69) is 5.32 Å². The Morgan fingerprint density at radius 3 is 2.69 bits per heavy atom. The van der Waals surface area contributed by atoms with Gasteiger partial charge in [-0.05, 0) is 42.8 Å². The molecule has 1 unspecified atom stereocenters. The summed E-state index contributed by atoms with van der Waals surface area (Å²) >= 11 is 0. The number of ether oxygens (including phenoxy) is 1. The molecule has 136 valence electrons. The van der Waals surface area contributed by atoms with E-state index in [1.807, 2.05) is 0 Å². The summed E-state index contributed by atoms with van der Waals surface area (Å²) in [6.45, 7) is 1.57. The summed E-state index contributed by atoms with van der Waals surface area (Å²) in [5, 5.41) is 13.3. The monoisotopic (exact) mass is 361 g/mol. The Morgan fingerprint density at radius 1 is 1.23 bits per heavy atom. The number of fused-ring (bicyclic) bond motifs is 1. The van der Waals surface area contributed by atoms with Gasteiger partial charge in [0, 0.05) is 17.5 Å². The fourth-order valence-corrected chi connectivity index (χ4v) is 2.65. The lowest BCUT2D eigenvalue weighted by atomic mass is 10.1. The molecule has 0 aliphatic rings. The largest absolute Gasteiger partial charge is 0.497 e. The number of nitrogens with one attached hydrogen (secondary N) is 1. The van der Waals surface area contributed by atoms with Crippen LogP contribution in [0.1, 0.15) is 27.8 Å². The molecular weight excluding hydrogens is 344 g/mol. The number of hydrogen-bond donors (Lipinski definition) is 2. The first kappa shape index (κ1) is 17.9. The van der Waals surface area contributed by atoms with E-state index in [0.29, 0.717) is 16.9 Å². The molecule has 0 saturated heterocycles. The van der Waals surface area contributed by atoms with E-state index in [4.69, 9.17) is 9.15 Å². The second-order valence-electron chi connectivity index (χ2n) is 5.82. The number of halogens is 2. The predicted molar refractivity (Wildman–Crippen MR) is 91.2 cm³/mol. The molecule has 3 rings (SSSR count). The highest BCUT2D eigenvalue weighted by Crippen LogP contribution is 2.28. The Hall–Kier alpha value is -2.93. The molecule has 0 aliphatic carbocycles. The number of hydrogen-bond acceptors (Lipinski definition) is 4. The first-order chi connectivity index (χ1) is 12.4. The van der Waals surface area contributed by atoms with Crippen molar-refractivity contribution in [2.24, 2.45) is 0 Å². The zero-order valence-corrected chi connectivity index (χ0v) is 14.2. The number of amides is 1. The SMILES string of the molecule is COc1ccc2oc(C(=O)NCC(O)c3ccc(F)c(F)c3)c(C)c2c1. The molecule has 1 atom stereocenters. The summed E-state index contributed by atoms with van der Waals surface area (Å²) in [5.74, 6) is -1.82. The summed E-state index contributed by atoms with van der Waals surface area (Å²) in [6.07, 6.45) is -1.18. The number of rotatable bonds is 5. The molecule has 7 heteroatoms. The second-order valence-corrected chi connectivity index (χ2v) is 5.82. The molecule has 3 aromatic rings. The quantitative estimate of drug-likeness (QED) is 0.730. The van der Waals surface area contributed by atoms with Gasteiger partial charge in [-0.15, -0.1) is 0 Å². The topological polar surface area (TPSA) is 71.7 Å². The van der Waals surface area contributed by atoms with E-state index in [1.165, 1.54) is 6.07 Å². The number of carbonyl (C=O) groups is 1. The van der Waals surface area contributed by atoms with Crippen molar-refractivity contribution < 1.29 is 27.8 Å². The van der Waals surface area contributed by atoms with Crippen LogP contribution < -0.4 is 10.1 Å². The van der Waals surface area contributed by atoms with Gasteiger partial charge in [0.2, 0.25) is 0 Å². The number of benzene rings is 2. The van der Waals surface area contributed by atoms with Gasteiger partial charge in [-0.25, -0.2) is 8.78 Å². The third kappa shape index (κ3) is 3.39. The average molecular weight is 361 g/mol. The molecule has 0 bridgehead atoms. The lowest BCUT2D eigenvalue weighted by Crippen LogP contribution is -2.28. The summed E-state index contributed by atoms with van der Waals surface area (Å²) < 4.78 is 36.9. The molecule has 0 saturated carbocycles. The highest BCUT2D eigenvalue weighted by molar-refractivity contribution is 5.99. The van der Waals surface area contributed by atoms with Crippen LogP contribution in [0.4, 0.5) is 8.78 Å². The van der Waals surface area contributed by atoms with Crippen molar-refractivity contribution in [2.75, 3.05) is 13.7 Å². The van der Waals surface area contributed by atoms with E-state index in [1.54, 1.807) is 32.2 Å². The summed E-state index contributed by atoms with van der Waals surface area (Å²) in [4.78, 5) is 12.4. The van der Waals surface area contributed by atoms with Gasteiger partial charge in [-0.1, -0.05) is 6.07 Å². The van der Waals surface area contributed by atoms with Gasteiger partial charge in [0.15, 0.2) is 17.4 Å². The van der Waals surface area contributed by atoms with Crippen LogP contribution in [0.5, 0.6) is 5.75 Å². The second kappa shape index (κ2) is 7.13. The maximum Gasteiger partial charge on any atom is 0.287 e. The Bertz CT molecular complexity index is 968. The van der Waals surface area contributed by atoms with E-state index in [-0.39, 0.29) is 17.9 Å². The fourth-order valence-electron chi connectivity index (χ4n) is 2.65. The van der Waals surface area contributed by atoms with Crippen LogP contribution in [0, 0.1) is 18.6 Å². The lowest BCUT2D eigenvalue weighted by Gasteiger charge is -2.12. The van der Waals surface area contributed by atoms with Crippen molar-refractivity contribution in [3.63, 3.8) is 0 Å². The van der Waals surface area contributed by atoms with Gasteiger partial charge >= 0.3 is 0 Å². The van der Waals surface area contributed by atoms with Crippen molar-refractivity contribution >= 4 is 16.9 Å². The van der Waals surface area contributed by atoms with E-state index < -0.39 is 23.6 Å². The van der Waals surface area contributed by atoms with Crippen molar-refractivity contribution in [3.8, 4) is 5.75 Å². The number of aliphatic hydroxyl groups is 1. The van der Waals surface area contributed by atoms with Crippen LogP contribution in [-0.4, -0.2) is 24.7 Å². The van der Waals surface area contributed by atoms with E-state index in [9.17, 15) is 18.7 Å². The normalized spacial score (nSPS) is 12.2. The lowest BCUT2D eigenvalue weighted by molar-refractivity contribution is 0.0890. The molecule has 5 nitrogen and oxygen atoms in total. The van der Waals surface area contributed by atoms with Crippen molar-refractivity contribution in [3.05, 3.63) is 64.9 Å². The van der Waals surface area contributed by atoms with Gasteiger partial charge in [-0.3, -0.25) is 4.79 Å². The molecule has 0 radical (unpaired) electrons. The number of furan rings is 1. The van der Waals surface area contributed by atoms with Crippen LogP contribution in [0.25, 0.3) is 11.0 Å². The fraction of sp³-hybridized carbons (Fsp3) is 0.211. The molecule has 2 aromatic carbocycles. The third-order valence-electron chi connectivity index (χ3n) is 4.13. The van der Waals surface area contributed by atoms with Crippen LogP contribution in [0.2, 0.25) is 0 Å². The van der Waals surface area contributed by atoms with Gasteiger partial charge in [0.1, 0.15) is 11.3 Å². The molecule has 0 fully saturated rings. The minimum atomic E-state index is -1.18. The minimum Gasteiger partial charge on any atom is -0.497 e. The Labute approximate surface area is 148 Å². The summed E-state index contributed by atoms with van der Waals surface area (Å²) in [7, 11) is 1.55. The first-order valence-electron chi connectivity index (χ1n) is 7.89. The summed E-state index contributed by atoms with van der Waals surface area (Å²) in [5.41, 5.74) is 1.34. The maximum absolute atomic E-state index is 13.2. The van der Waals surface area contributed by atoms with Crippen molar-refractivity contribution in [2.45, 2.75) is 13.0 Å². The molecule has 0 aliphatic heterocycles. The zero-order chi connectivity index (χ0) is 18.8. The zero-order valence-electron chi connectivity index (χ0n) is 14.2. The van der Waals surface area contributed by atoms with Gasteiger partial charge in [0.25, 0.3) is 5.91 Å². The standard InChI is InChI=1S/C19H17F2NO4/c1-10-13-8-12(25-2)4-6-17(13)26-18(10)19(24)22-9-16(23)11-3-5-14(20)15(21)7-11/h3-8,16,23H,9H2,1-2H3,(H,22,24). The Balaban J connectivity index is 1.74. The first-order valence-corrected chi connectivity index (χ1v) is 7.89. The van der Waals surface area contributed by atoms with Crippen LogP contribution >= 0.6 is 0 Å². The summed E-state index contributed by atoms with van der Waals surface area (Å²) in [6, 6.07) is 8.26. The molecule has 0 spiro atoms. The third-order valence-corrected chi connectivity index (χ3v) is 4.13. The Morgan fingerprint density at radius 2 is 2.00 bits per heavy atom. The van der Waals surface area contributed by atoms with Crippen LogP contribution in [0.15, 0.2) is 40.8 Å². The van der Waals surface area contributed by atoms with Crippen molar-refractivity contribution in [1.82, 2.24) is 5.32 Å². The van der Waals surface area contributed by atoms with Crippen LogP contribution in [0.3, 0.4) is 0 Å². The molecule has 2 N–H and O–H groups in total. The highest BCUT2D eigenvalue weighted by Gasteiger charge is 2.19. The average Bonchev–Trinajstić information content (AvgIpc) is 2.97. The van der Waals surface area contributed by atoms with Crippen molar-refractivity contribution in [1.29, 1.82) is 0 Å². The van der Waals surface area contributed by atoms with Gasteiger partial charge < -0.3 is 19.6 Å². The highest BCUT2D eigenvalue weighted by atomic mass is 19.2. The maximum atomic E-state index is 13.2. The molecule has 1 amide bonds. The minimum absolute atomic E-state index is 0.116.